The highest BCUT2D eigenvalue weighted by Gasteiger charge is 2.49. The van der Waals surface area contributed by atoms with Crippen LogP contribution in [0.2, 0.25) is 0 Å². The number of ether oxygens (including phenoxy) is 2. The summed E-state index contributed by atoms with van der Waals surface area (Å²) in [6, 6.07) is 7.22. The minimum absolute atomic E-state index is 0.0724. The number of benzene rings is 1. The molecule has 146 valence electrons. The number of amides is 1. The maximum Gasteiger partial charge on any atom is 0.302 e. The van der Waals surface area contributed by atoms with Crippen molar-refractivity contribution in [2.24, 2.45) is 0 Å². The fourth-order valence-electron chi connectivity index (χ4n) is 3.43. The third-order valence-electron chi connectivity index (χ3n) is 4.70. The SMILES string of the molecule is O=C1C(=O)N(c2nccs2)C(c2ccco2)C1=C(O)c1ccc2c(c1)OCCO2. The molecule has 1 saturated heterocycles. The molecule has 4 heterocycles. The molecule has 9 heteroatoms. The highest BCUT2D eigenvalue weighted by atomic mass is 32.1. The van der Waals surface area contributed by atoms with E-state index in [4.69, 9.17) is 13.9 Å². The van der Waals surface area contributed by atoms with E-state index in [2.05, 4.69) is 4.98 Å². The van der Waals surface area contributed by atoms with Crippen molar-refractivity contribution in [2.45, 2.75) is 6.04 Å². The summed E-state index contributed by atoms with van der Waals surface area (Å²) in [5.74, 6) is -0.545. The molecule has 0 bridgehead atoms. The smallest absolute Gasteiger partial charge is 0.302 e. The van der Waals surface area contributed by atoms with Crippen molar-refractivity contribution in [3.63, 3.8) is 0 Å². The van der Waals surface area contributed by atoms with Gasteiger partial charge in [0.25, 0.3) is 5.78 Å². The van der Waals surface area contributed by atoms with E-state index < -0.39 is 17.7 Å². The third-order valence-corrected chi connectivity index (χ3v) is 5.47. The molecule has 0 aliphatic carbocycles. The summed E-state index contributed by atoms with van der Waals surface area (Å²) in [5.41, 5.74) is 0.264. The highest BCUT2D eigenvalue weighted by molar-refractivity contribution is 7.14. The zero-order valence-corrected chi connectivity index (χ0v) is 15.7. The van der Waals surface area contributed by atoms with Crippen LogP contribution in [-0.4, -0.2) is 35.0 Å². The predicted molar refractivity (Wildman–Crippen MR) is 103 cm³/mol. The first-order valence-corrected chi connectivity index (χ1v) is 9.67. The second kappa shape index (κ2) is 6.78. The van der Waals surface area contributed by atoms with Crippen LogP contribution in [0.15, 0.2) is 58.2 Å². The third kappa shape index (κ3) is 2.78. The summed E-state index contributed by atoms with van der Waals surface area (Å²) < 4.78 is 16.5. The summed E-state index contributed by atoms with van der Waals surface area (Å²) in [5, 5.41) is 13.1. The van der Waals surface area contributed by atoms with Crippen molar-refractivity contribution in [3.8, 4) is 11.5 Å². The summed E-state index contributed by atoms with van der Waals surface area (Å²) in [4.78, 5) is 31.1. The van der Waals surface area contributed by atoms with E-state index in [1.165, 1.54) is 22.5 Å². The molecular weight excluding hydrogens is 396 g/mol. The number of Topliss-reactive ketones (excluding diaryl/α,β-unsaturated/α-hetero) is 1. The van der Waals surface area contributed by atoms with E-state index in [-0.39, 0.29) is 11.3 Å². The first-order valence-electron chi connectivity index (χ1n) is 8.79. The average Bonchev–Trinajstić information content (AvgIpc) is 3.49. The van der Waals surface area contributed by atoms with Gasteiger partial charge in [-0.15, -0.1) is 11.3 Å². The van der Waals surface area contributed by atoms with E-state index in [1.54, 1.807) is 41.9 Å². The Morgan fingerprint density at radius 1 is 1.17 bits per heavy atom. The number of fused-ring (bicyclic) bond motifs is 1. The van der Waals surface area contributed by atoms with E-state index in [9.17, 15) is 14.7 Å². The minimum Gasteiger partial charge on any atom is -0.507 e. The van der Waals surface area contributed by atoms with Crippen molar-refractivity contribution in [2.75, 3.05) is 18.1 Å². The quantitative estimate of drug-likeness (QED) is 0.402. The highest BCUT2D eigenvalue weighted by Crippen LogP contribution is 2.43. The van der Waals surface area contributed by atoms with Gasteiger partial charge in [-0.05, 0) is 30.3 Å². The number of aliphatic hydroxyl groups is 1. The number of carbonyl (C=O) groups excluding carboxylic acids is 2. The van der Waals surface area contributed by atoms with Crippen LogP contribution in [0.1, 0.15) is 17.4 Å². The molecule has 0 saturated carbocycles. The van der Waals surface area contributed by atoms with Crippen LogP contribution in [0.5, 0.6) is 11.5 Å². The van der Waals surface area contributed by atoms with Gasteiger partial charge in [-0.25, -0.2) is 4.98 Å². The molecule has 2 aromatic heterocycles. The van der Waals surface area contributed by atoms with Crippen LogP contribution < -0.4 is 14.4 Å². The maximum atomic E-state index is 12.9. The van der Waals surface area contributed by atoms with E-state index >= 15 is 0 Å². The standard InChI is InChI=1S/C20H14N2O6S/c23-17(11-3-4-12-14(10-11)28-8-7-27-12)15-16(13-2-1-6-26-13)22(19(25)18(15)24)20-21-5-9-29-20/h1-6,9-10,16,23H,7-8H2. The molecule has 3 aromatic rings. The Labute approximate surface area is 168 Å². The lowest BCUT2D eigenvalue weighted by molar-refractivity contribution is -0.132. The van der Waals surface area contributed by atoms with Gasteiger partial charge >= 0.3 is 5.91 Å². The maximum absolute atomic E-state index is 12.9. The Morgan fingerprint density at radius 2 is 2.00 bits per heavy atom. The minimum atomic E-state index is -0.927. The van der Waals surface area contributed by atoms with Gasteiger partial charge in [0.15, 0.2) is 16.6 Å². The van der Waals surface area contributed by atoms with Crippen LogP contribution >= 0.6 is 11.3 Å². The molecule has 1 amide bonds. The predicted octanol–water partition coefficient (Wildman–Crippen LogP) is 3.13. The average molecular weight is 410 g/mol. The van der Waals surface area contributed by atoms with Crippen LogP contribution in [0.25, 0.3) is 5.76 Å². The normalized spacial score (nSPS) is 20.3. The van der Waals surface area contributed by atoms with Crippen molar-refractivity contribution in [3.05, 3.63) is 65.1 Å². The molecular formula is C20H14N2O6S. The number of aromatic nitrogens is 1. The number of nitrogens with zero attached hydrogens (tertiary/aromatic N) is 2. The van der Waals surface area contributed by atoms with Crippen LogP contribution in [0, 0.1) is 0 Å². The first kappa shape index (κ1) is 17.5. The lowest BCUT2D eigenvalue weighted by atomic mass is 9.99. The van der Waals surface area contributed by atoms with Gasteiger partial charge in [0.1, 0.15) is 30.8 Å². The number of thiazole rings is 1. The van der Waals surface area contributed by atoms with Crippen molar-refractivity contribution >= 4 is 33.9 Å². The van der Waals surface area contributed by atoms with Crippen LogP contribution in [-0.2, 0) is 9.59 Å². The topological polar surface area (TPSA) is 102 Å². The number of ketones is 1. The van der Waals surface area contributed by atoms with Gasteiger partial charge in [-0.1, -0.05) is 0 Å². The van der Waals surface area contributed by atoms with E-state index in [0.717, 1.165) is 0 Å². The summed E-state index contributed by atoms with van der Waals surface area (Å²) in [6.45, 7) is 0.827. The summed E-state index contributed by atoms with van der Waals surface area (Å²) in [7, 11) is 0. The fourth-order valence-corrected chi connectivity index (χ4v) is 4.09. The molecule has 0 spiro atoms. The summed E-state index contributed by atoms with van der Waals surface area (Å²) in [6.07, 6.45) is 2.99. The van der Waals surface area contributed by atoms with Crippen molar-refractivity contribution < 1.29 is 28.6 Å². The molecule has 1 atom stereocenters. The van der Waals surface area contributed by atoms with Gasteiger partial charge in [0.2, 0.25) is 0 Å². The van der Waals surface area contributed by atoms with Gasteiger partial charge in [0.05, 0.1) is 11.8 Å². The number of furan rings is 1. The number of aliphatic hydroxyl groups excluding tert-OH is 1. The Hall–Kier alpha value is -3.59. The first-order chi connectivity index (χ1) is 14.1. The Kier molecular flexibility index (Phi) is 4.09. The van der Waals surface area contributed by atoms with Gasteiger partial charge < -0.3 is 19.0 Å². The van der Waals surface area contributed by atoms with Crippen molar-refractivity contribution in [1.82, 2.24) is 4.98 Å². The fraction of sp³-hybridized carbons (Fsp3) is 0.150. The lowest BCUT2D eigenvalue weighted by Crippen LogP contribution is -2.29. The van der Waals surface area contributed by atoms with E-state index in [1.807, 2.05) is 0 Å². The van der Waals surface area contributed by atoms with Gasteiger partial charge in [-0.3, -0.25) is 14.5 Å². The molecule has 8 nitrogen and oxygen atoms in total. The number of anilines is 1. The largest absolute Gasteiger partial charge is 0.507 e. The molecule has 1 unspecified atom stereocenters. The van der Waals surface area contributed by atoms with Gasteiger partial charge in [-0.2, -0.15) is 0 Å². The summed E-state index contributed by atoms with van der Waals surface area (Å²) >= 11 is 1.21. The van der Waals surface area contributed by atoms with E-state index in [0.29, 0.717) is 41.2 Å². The molecule has 5 rings (SSSR count). The molecule has 1 fully saturated rings. The van der Waals surface area contributed by atoms with Gasteiger partial charge in [0, 0.05) is 17.1 Å². The van der Waals surface area contributed by atoms with Crippen LogP contribution in [0.3, 0.4) is 0 Å². The Bertz CT molecular complexity index is 1120. The molecule has 1 N–H and O–H groups in total. The molecule has 0 radical (unpaired) electrons. The van der Waals surface area contributed by atoms with Crippen LogP contribution in [0.4, 0.5) is 5.13 Å². The zero-order chi connectivity index (χ0) is 20.0. The molecule has 2 aliphatic rings. The Morgan fingerprint density at radius 3 is 2.72 bits per heavy atom. The van der Waals surface area contributed by atoms with Crippen molar-refractivity contribution in [1.29, 1.82) is 0 Å². The number of rotatable bonds is 3. The number of hydrogen-bond acceptors (Lipinski definition) is 8. The second-order valence-electron chi connectivity index (χ2n) is 6.36. The number of carbonyl (C=O) groups is 2. The molecule has 29 heavy (non-hydrogen) atoms. The second-order valence-corrected chi connectivity index (χ2v) is 7.23. The molecule has 1 aromatic carbocycles. The monoisotopic (exact) mass is 410 g/mol. The zero-order valence-electron chi connectivity index (χ0n) is 14.9. The molecule has 2 aliphatic heterocycles. The Balaban J connectivity index is 1.67. The number of hydrogen-bond donors (Lipinski definition) is 1. The lowest BCUT2D eigenvalue weighted by Gasteiger charge is -2.21.